The third-order valence-electron chi connectivity index (χ3n) is 2.57. The molecule has 3 nitrogen and oxygen atoms in total. The van der Waals surface area contributed by atoms with E-state index < -0.39 is 5.82 Å². The predicted octanol–water partition coefficient (Wildman–Crippen LogP) is 4.94. The number of benzene rings is 1. The van der Waals surface area contributed by atoms with Crippen molar-refractivity contribution in [2.45, 2.75) is 18.7 Å². The number of thioether (sulfide) groups is 1. The molecule has 0 aliphatic heterocycles. The van der Waals surface area contributed by atoms with E-state index in [-0.39, 0.29) is 17.3 Å². The summed E-state index contributed by atoms with van der Waals surface area (Å²) >= 11 is 15.6. The molecule has 2 rings (SSSR count). The Balaban J connectivity index is 2.85. The molecule has 0 bridgehead atoms. The van der Waals surface area contributed by atoms with E-state index in [9.17, 15) is 4.39 Å². The van der Waals surface area contributed by atoms with Crippen LogP contribution in [-0.4, -0.2) is 22.8 Å². The van der Waals surface area contributed by atoms with Gasteiger partial charge in [0.05, 0.1) is 15.2 Å². The highest BCUT2D eigenvalue weighted by Crippen LogP contribution is 2.37. The second-order valence-electron chi connectivity index (χ2n) is 3.81. The lowest BCUT2D eigenvalue weighted by Gasteiger charge is -2.13. The summed E-state index contributed by atoms with van der Waals surface area (Å²) in [5.74, 6) is 0.298. The number of fused-ring (bicyclic) bond motifs is 1. The fourth-order valence-electron chi connectivity index (χ4n) is 1.76. The molecule has 2 aromatic rings. The summed E-state index contributed by atoms with van der Waals surface area (Å²) in [6.45, 7) is 2.18. The third kappa shape index (κ3) is 2.99. The average Bonchev–Trinajstić information content (AvgIpc) is 2.41. The smallest absolute Gasteiger partial charge is 0.189 e. The number of halogens is 4. The van der Waals surface area contributed by atoms with Crippen molar-refractivity contribution in [3.63, 3.8) is 0 Å². The SMILES string of the molecule is CCSc1nc(Cl)c2c(COC)c(Cl)c(I)c(F)c2n1. The van der Waals surface area contributed by atoms with Gasteiger partial charge in [-0.3, -0.25) is 0 Å². The van der Waals surface area contributed by atoms with Gasteiger partial charge in [-0.05, 0) is 28.3 Å². The van der Waals surface area contributed by atoms with E-state index in [1.807, 2.05) is 29.5 Å². The van der Waals surface area contributed by atoms with Gasteiger partial charge in [0.2, 0.25) is 0 Å². The molecule has 1 aromatic heterocycles. The van der Waals surface area contributed by atoms with Gasteiger partial charge >= 0.3 is 0 Å². The topological polar surface area (TPSA) is 35.0 Å². The van der Waals surface area contributed by atoms with Crippen molar-refractivity contribution in [3.05, 3.63) is 25.1 Å². The van der Waals surface area contributed by atoms with Crippen LogP contribution in [0.5, 0.6) is 0 Å². The maximum Gasteiger partial charge on any atom is 0.189 e. The minimum atomic E-state index is -0.479. The molecule has 1 aromatic carbocycles. The Morgan fingerprint density at radius 3 is 2.65 bits per heavy atom. The lowest BCUT2D eigenvalue weighted by molar-refractivity contribution is 0.186. The summed E-state index contributed by atoms with van der Waals surface area (Å²) < 4.78 is 19.8. The highest BCUT2D eigenvalue weighted by atomic mass is 127. The molecule has 8 heteroatoms. The van der Waals surface area contributed by atoms with Crippen molar-refractivity contribution in [2.75, 3.05) is 12.9 Å². The molecule has 0 N–H and O–H groups in total. The lowest BCUT2D eigenvalue weighted by atomic mass is 10.1. The number of ether oxygens (including phenoxy) is 1. The fraction of sp³-hybridized carbons (Fsp3) is 0.333. The number of aromatic nitrogens is 2. The van der Waals surface area contributed by atoms with E-state index in [4.69, 9.17) is 27.9 Å². The van der Waals surface area contributed by atoms with E-state index in [1.165, 1.54) is 18.9 Å². The molecule has 0 saturated carbocycles. The highest BCUT2D eigenvalue weighted by molar-refractivity contribution is 14.1. The summed E-state index contributed by atoms with van der Waals surface area (Å²) in [4.78, 5) is 8.42. The summed E-state index contributed by atoms with van der Waals surface area (Å²) in [7, 11) is 1.54. The second-order valence-corrected chi connectivity index (χ2v) is 6.85. The van der Waals surface area contributed by atoms with Crippen molar-refractivity contribution in [1.29, 1.82) is 0 Å². The first-order chi connectivity index (χ1) is 9.51. The van der Waals surface area contributed by atoms with Crippen LogP contribution in [0.4, 0.5) is 4.39 Å². The van der Waals surface area contributed by atoms with E-state index in [0.717, 1.165) is 5.75 Å². The molecule has 0 saturated heterocycles. The van der Waals surface area contributed by atoms with Gasteiger partial charge < -0.3 is 4.74 Å². The first-order valence-corrected chi connectivity index (χ1v) is 8.47. The number of nitrogens with zero attached hydrogens (tertiary/aromatic N) is 2. The Kier molecular flexibility index (Phi) is 5.70. The monoisotopic (exact) mass is 446 g/mol. The minimum Gasteiger partial charge on any atom is -0.380 e. The molecular formula is C12H10Cl2FIN2OS. The zero-order valence-electron chi connectivity index (χ0n) is 10.6. The normalized spacial score (nSPS) is 11.3. The molecule has 0 fully saturated rings. The molecule has 0 spiro atoms. The molecular weight excluding hydrogens is 437 g/mol. The molecule has 0 aliphatic rings. The molecule has 0 amide bonds. The molecule has 0 atom stereocenters. The number of methoxy groups -OCH3 is 1. The van der Waals surface area contributed by atoms with Crippen molar-refractivity contribution in [3.8, 4) is 0 Å². The summed E-state index contributed by atoms with van der Waals surface area (Å²) in [6, 6.07) is 0. The lowest BCUT2D eigenvalue weighted by Crippen LogP contribution is -2.02. The van der Waals surface area contributed by atoms with Gasteiger partial charge in [0.25, 0.3) is 0 Å². The van der Waals surface area contributed by atoms with Crippen LogP contribution in [0.15, 0.2) is 5.16 Å². The Morgan fingerprint density at radius 2 is 2.05 bits per heavy atom. The van der Waals surface area contributed by atoms with Gasteiger partial charge in [-0.2, -0.15) is 0 Å². The van der Waals surface area contributed by atoms with Crippen molar-refractivity contribution in [1.82, 2.24) is 9.97 Å². The van der Waals surface area contributed by atoms with Gasteiger partial charge in [0.15, 0.2) is 11.0 Å². The molecule has 1 heterocycles. The van der Waals surface area contributed by atoms with Crippen LogP contribution in [0.25, 0.3) is 10.9 Å². The second kappa shape index (κ2) is 6.91. The van der Waals surface area contributed by atoms with Crippen LogP contribution < -0.4 is 0 Å². The van der Waals surface area contributed by atoms with Gasteiger partial charge in [-0.1, -0.05) is 41.9 Å². The predicted molar refractivity (Wildman–Crippen MR) is 89.3 cm³/mol. The number of hydrogen-bond acceptors (Lipinski definition) is 4. The van der Waals surface area contributed by atoms with Gasteiger partial charge in [0, 0.05) is 18.1 Å². The maximum atomic E-state index is 14.4. The van der Waals surface area contributed by atoms with Crippen LogP contribution in [0.3, 0.4) is 0 Å². The molecule has 108 valence electrons. The highest BCUT2D eigenvalue weighted by Gasteiger charge is 2.21. The number of rotatable bonds is 4. The zero-order valence-corrected chi connectivity index (χ0v) is 15.1. The van der Waals surface area contributed by atoms with Crippen molar-refractivity contribution >= 4 is 68.5 Å². The Hall–Kier alpha value is 0.110. The zero-order chi connectivity index (χ0) is 14.9. The van der Waals surface area contributed by atoms with Crippen LogP contribution in [-0.2, 0) is 11.3 Å². The molecule has 0 unspecified atom stereocenters. The van der Waals surface area contributed by atoms with E-state index in [0.29, 0.717) is 24.7 Å². The van der Waals surface area contributed by atoms with Crippen LogP contribution in [0.1, 0.15) is 12.5 Å². The van der Waals surface area contributed by atoms with Crippen molar-refractivity contribution in [2.24, 2.45) is 0 Å². The minimum absolute atomic E-state index is 0.182. The quantitative estimate of drug-likeness (QED) is 0.219. The average molecular weight is 447 g/mol. The first-order valence-electron chi connectivity index (χ1n) is 5.65. The standard InChI is InChI=1S/C12H10Cl2FIN2OS/c1-3-20-12-17-10-6(11(14)18-12)5(4-19-2)7(13)9(16)8(10)15/h3-4H2,1-2H3. The van der Waals surface area contributed by atoms with Gasteiger partial charge in [-0.25, -0.2) is 14.4 Å². The maximum absolute atomic E-state index is 14.4. The van der Waals surface area contributed by atoms with E-state index in [1.54, 1.807) is 0 Å². The number of hydrogen-bond donors (Lipinski definition) is 0. The first kappa shape index (κ1) is 16.5. The van der Waals surface area contributed by atoms with E-state index >= 15 is 0 Å². The molecule has 0 aliphatic carbocycles. The summed E-state index contributed by atoms with van der Waals surface area (Å²) in [5.41, 5.74) is 0.787. The molecule has 20 heavy (non-hydrogen) atoms. The summed E-state index contributed by atoms with van der Waals surface area (Å²) in [5, 5.41) is 1.34. The van der Waals surface area contributed by atoms with Gasteiger partial charge in [-0.15, -0.1) is 0 Å². The largest absolute Gasteiger partial charge is 0.380 e. The fourth-order valence-corrected chi connectivity index (χ4v) is 3.47. The van der Waals surface area contributed by atoms with Crippen molar-refractivity contribution < 1.29 is 9.13 Å². The molecule has 0 radical (unpaired) electrons. The van der Waals surface area contributed by atoms with E-state index in [2.05, 4.69) is 9.97 Å². The Bertz CT molecular complexity index is 672. The Morgan fingerprint density at radius 1 is 1.35 bits per heavy atom. The van der Waals surface area contributed by atoms with Crippen LogP contribution in [0.2, 0.25) is 10.2 Å². The third-order valence-corrected chi connectivity index (χ3v) is 5.32. The van der Waals surface area contributed by atoms with Gasteiger partial charge in [0.1, 0.15) is 10.7 Å². The summed E-state index contributed by atoms with van der Waals surface area (Å²) in [6.07, 6.45) is 0. The Labute approximate surface area is 143 Å². The van der Waals surface area contributed by atoms with Crippen LogP contribution >= 0.6 is 57.6 Å². The van der Waals surface area contributed by atoms with Crippen LogP contribution in [0, 0.1) is 9.39 Å².